The van der Waals surface area contributed by atoms with E-state index in [0.29, 0.717) is 5.69 Å². The van der Waals surface area contributed by atoms with Gasteiger partial charge in [-0.05, 0) is 20.2 Å². The highest BCUT2D eigenvalue weighted by molar-refractivity contribution is 5.74. The molecule has 0 amide bonds. The number of nitrogens with zero attached hydrogens (tertiary/aromatic N) is 3. The first-order chi connectivity index (χ1) is 6.02. The Morgan fingerprint density at radius 3 is 2.62 bits per heavy atom. The molecule has 1 aromatic rings. The lowest BCUT2D eigenvalue weighted by molar-refractivity contribution is -0.142. The quantitative estimate of drug-likeness (QED) is 0.722. The van der Waals surface area contributed by atoms with E-state index in [2.05, 4.69) is 5.10 Å². The third kappa shape index (κ3) is 2.06. The summed E-state index contributed by atoms with van der Waals surface area (Å²) in [5.74, 6) is -0.885. The fourth-order valence-corrected chi connectivity index (χ4v) is 1.19. The summed E-state index contributed by atoms with van der Waals surface area (Å²) in [4.78, 5) is 12.5. The number of aromatic nitrogens is 2. The van der Waals surface area contributed by atoms with Gasteiger partial charge in [-0.2, -0.15) is 5.10 Å². The zero-order valence-electron chi connectivity index (χ0n) is 7.93. The van der Waals surface area contributed by atoms with Crippen LogP contribution in [0.2, 0.25) is 0 Å². The van der Waals surface area contributed by atoms with Crippen molar-refractivity contribution in [2.24, 2.45) is 7.05 Å². The van der Waals surface area contributed by atoms with E-state index in [4.69, 9.17) is 5.11 Å². The second kappa shape index (κ2) is 3.57. The third-order valence-electron chi connectivity index (χ3n) is 1.76. The van der Waals surface area contributed by atoms with E-state index < -0.39 is 12.0 Å². The summed E-state index contributed by atoms with van der Waals surface area (Å²) in [7, 11) is 5.19. The molecule has 0 fully saturated rings. The van der Waals surface area contributed by atoms with Crippen molar-refractivity contribution in [1.82, 2.24) is 14.7 Å². The van der Waals surface area contributed by atoms with Gasteiger partial charge in [-0.25, -0.2) is 0 Å². The number of hydrogen-bond donors (Lipinski definition) is 1. The molecule has 0 radical (unpaired) electrons. The Morgan fingerprint density at radius 1 is 1.69 bits per heavy atom. The van der Waals surface area contributed by atoms with Crippen molar-refractivity contribution in [3.8, 4) is 0 Å². The van der Waals surface area contributed by atoms with Gasteiger partial charge in [0, 0.05) is 13.2 Å². The third-order valence-corrected chi connectivity index (χ3v) is 1.76. The van der Waals surface area contributed by atoms with Gasteiger partial charge in [-0.1, -0.05) is 0 Å². The molecule has 1 heterocycles. The first-order valence-corrected chi connectivity index (χ1v) is 3.91. The normalized spacial score (nSPS) is 13.2. The smallest absolute Gasteiger partial charge is 0.327 e. The van der Waals surface area contributed by atoms with Crippen molar-refractivity contribution < 1.29 is 9.90 Å². The van der Waals surface area contributed by atoms with Gasteiger partial charge < -0.3 is 5.11 Å². The van der Waals surface area contributed by atoms with Crippen molar-refractivity contribution in [3.05, 3.63) is 18.0 Å². The Balaban J connectivity index is 2.95. The maximum atomic E-state index is 10.9. The van der Waals surface area contributed by atoms with Crippen molar-refractivity contribution in [2.75, 3.05) is 14.1 Å². The summed E-state index contributed by atoms with van der Waals surface area (Å²) in [5, 5.41) is 13.0. The van der Waals surface area contributed by atoms with Gasteiger partial charge in [-0.15, -0.1) is 0 Å². The van der Waals surface area contributed by atoms with Gasteiger partial charge in [0.05, 0.1) is 5.69 Å². The maximum Gasteiger partial charge on any atom is 0.327 e. The van der Waals surface area contributed by atoms with Crippen LogP contribution in [0.25, 0.3) is 0 Å². The second-order valence-corrected chi connectivity index (χ2v) is 3.12. The molecule has 72 valence electrons. The predicted molar refractivity (Wildman–Crippen MR) is 47.3 cm³/mol. The predicted octanol–water partition coefficient (Wildman–Crippen LogP) is 0.107. The summed E-state index contributed by atoms with van der Waals surface area (Å²) in [6.45, 7) is 0. The fourth-order valence-electron chi connectivity index (χ4n) is 1.19. The van der Waals surface area contributed by atoms with Gasteiger partial charge in [0.15, 0.2) is 6.04 Å². The Kier molecular flexibility index (Phi) is 2.67. The maximum absolute atomic E-state index is 10.9. The second-order valence-electron chi connectivity index (χ2n) is 3.12. The number of hydrogen-bond acceptors (Lipinski definition) is 3. The number of carbonyl (C=O) groups is 1. The minimum Gasteiger partial charge on any atom is -0.480 e. The van der Waals surface area contributed by atoms with Crippen LogP contribution in [0.4, 0.5) is 0 Å². The molecule has 0 spiro atoms. The number of carboxylic acids is 1. The van der Waals surface area contributed by atoms with E-state index in [9.17, 15) is 4.79 Å². The largest absolute Gasteiger partial charge is 0.480 e. The SMILES string of the molecule is CN(C)[C@@H](C(=O)O)c1ccn(C)n1. The molecule has 5 heteroatoms. The molecule has 0 saturated heterocycles. The summed E-state index contributed by atoms with van der Waals surface area (Å²) >= 11 is 0. The highest BCUT2D eigenvalue weighted by Gasteiger charge is 2.24. The lowest BCUT2D eigenvalue weighted by Gasteiger charge is -2.17. The molecule has 0 bridgehead atoms. The Bertz CT molecular complexity index is 306. The highest BCUT2D eigenvalue weighted by atomic mass is 16.4. The van der Waals surface area contributed by atoms with Crippen molar-refractivity contribution >= 4 is 5.97 Å². The average Bonchev–Trinajstić information content (AvgIpc) is 2.34. The lowest BCUT2D eigenvalue weighted by Crippen LogP contribution is -2.27. The van der Waals surface area contributed by atoms with E-state index in [1.165, 1.54) is 0 Å². The Morgan fingerprint density at radius 2 is 2.31 bits per heavy atom. The summed E-state index contributed by atoms with van der Waals surface area (Å²) < 4.78 is 1.59. The van der Waals surface area contributed by atoms with Gasteiger partial charge in [0.1, 0.15) is 0 Å². The molecule has 0 aliphatic heterocycles. The Labute approximate surface area is 76.6 Å². The van der Waals surface area contributed by atoms with Crippen molar-refractivity contribution in [2.45, 2.75) is 6.04 Å². The molecule has 13 heavy (non-hydrogen) atoms. The highest BCUT2D eigenvalue weighted by Crippen LogP contribution is 2.15. The van der Waals surface area contributed by atoms with Gasteiger partial charge in [-0.3, -0.25) is 14.4 Å². The van der Waals surface area contributed by atoms with Gasteiger partial charge in [0.2, 0.25) is 0 Å². The summed E-state index contributed by atoms with van der Waals surface area (Å²) in [6, 6.07) is 1.04. The first kappa shape index (κ1) is 9.73. The van der Waals surface area contributed by atoms with Gasteiger partial charge in [0.25, 0.3) is 0 Å². The van der Waals surface area contributed by atoms with E-state index in [1.54, 1.807) is 43.0 Å². The molecule has 1 N–H and O–H groups in total. The van der Waals surface area contributed by atoms with Crippen LogP contribution in [-0.4, -0.2) is 39.9 Å². The zero-order valence-corrected chi connectivity index (χ0v) is 7.93. The van der Waals surface area contributed by atoms with Crippen LogP contribution in [0.15, 0.2) is 12.3 Å². The van der Waals surface area contributed by atoms with E-state index in [1.807, 2.05) is 0 Å². The summed E-state index contributed by atoms with van der Waals surface area (Å²) in [5.41, 5.74) is 0.556. The fraction of sp³-hybridized carbons (Fsp3) is 0.500. The number of carboxylic acid groups (broad SMARTS) is 1. The number of rotatable bonds is 3. The molecule has 1 atom stereocenters. The molecule has 5 nitrogen and oxygen atoms in total. The molecular formula is C8H13N3O2. The topological polar surface area (TPSA) is 58.4 Å². The van der Waals surface area contributed by atoms with Crippen molar-refractivity contribution in [1.29, 1.82) is 0 Å². The van der Waals surface area contributed by atoms with Crippen LogP contribution < -0.4 is 0 Å². The molecule has 0 aliphatic carbocycles. The van der Waals surface area contributed by atoms with Gasteiger partial charge >= 0.3 is 5.97 Å². The molecule has 1 aromatic heterocycles. The van der Waals surface area contributed by atoms with E-state index in [-0.39, 0.29) is 0 Å². The minimum atomic E-state index is -0.885. The lowest BCUT2D eigenvalue weighted by atomic mass is 10.2. The van der Waals surface area contributed by atoms with Crippen LogP contribution in [0.3, 0.4) is 0 Å². The number of aryl methyl sites for hydroxylation is 1. The molecule has 0 aliphatic rings. The van der Waals surface area contributed by atoms with Crippen LogP contribution in [0.5, 0.6) is 0 Å². The molecular weight excluding hydrogens is 170 g/mol. The van der Waals surface area contributed by atoms with Crippen LogP contribution in [0, 0.1) is 0 Å². The average molecular weight is 183 g/mol. The summed E-state index contributed by atoms with van der Waals surface area (Å²) in [6.07, 6.45) is 1.73. The van der Waals surface area contributed by atoms with E-state index >= 15 is 0 Å². The van der Waals surface area contributed by atoms with Crippen LogP contribution in [0.1, 0.15) is 11.7 Å². The first-order valence-electron chi connectivity index (χ1n) is 3.91. The Hall–Kier alpha value is -1.36. The number of likely N-dealkylation sites (N-methyl/N-ethyl adjacent to an activating group) is 1. The standard InChI is InChI=1S/C8H13N3O2/c1-10(2)7(8(12)13)6-4-5-11(3)9-6/h4-5,7H,1-3H3,(H,12,13)/t7-/m1/s1. The van der Waals surface area contributed by atoms with E-state index in [0.717, 1.165) is 0 Å². The zero-order chi connectivity index (χ0) is 10.0. The monoisotopic (exact) mass is 183 g/mol. The van der Waals surface area contributed by atoms with Crippen molar-refractivity contribution in [3.63, 3.8) is 0 Å². The molecule has 0 saturated carbocycles. The minimum absolute atomic E-state index is 0.556. The number of aliphatic carboxylic acids is 1. The van der Waals surface area contributed by atoms with Crippen LogP contribution in [-0.2, 0) is 11.8 Å². The van der Waals surface area contributed by atoms with Crippen LogP contribution >= 0.6 is 0 Å². The molecule has 0 unspecified atom stereocenters. The molecule has 0 aromatic carbocycles. The molecule has 1 rings (SSSR count).